The number of carbonyl (C=O) groups is 1. The van der Waals surface area contributed by atoms with Gasteiger partial charge in [0, 0.05) is 63.3 Å². The molecule has 0 N–H and O–H groups in total. The average molecular weight is 448 g/mol. The Balaban J connectivity index is 1.07. The predicted molar refractivity (Wildman–Crippen MR) is 135 cm³/mol. The molecule has 2 heterocycles. The van der Waals surface area contributed by atoms with Crippen LogP contribution in [0, 0.1) is 11.8 Å². The molecule has 1 aromatic rings. The van der Waals surface area contributed by atoms with Gasteiger partial charge in [-0.3, -0.25) is 14.6 Å². The van der Waals surface area contributed by atoms with Gasteiger partial charge in [-0.2, -0.15) is 0 Å². The van der Waals surface area contributed by atoms with Crippen molar-refractivity contribution in [2.75, 3.05) is 39.3 Å². The van der Waals surface area contributed by atoms with Gasteiger partial charge in [0.15, 0.2) is 0 Å². The number of allylic oxidation sites excluding steroid dienone is 4. The Morgan fingerprint density at radius 2 is 1.70 bits per heavy atom. The van der Waals surface area contributed by atoms with Gasteiger partial charge in [0.05, 0.1) is 6.54 Å². The molecule has 0 radical (unpaired) electrons. The molecule has 1 saturated carbocycles. The molecular weight excluding hydrogens is 406 g/mol. The van der Waals surface area contributed by atoms with E-state index in [2.05, 4.69) is 64.1 Å². The molecule has 0 bridgehead atoms. The first kappa shape index (κ1) is 22.9. The monoisotopic (exact) mass is 447 g/mol. The summed E-state index contributed by atoms with van der Waals surface area (Å²) in [6.07, 6.45) is 15.3. The molecule has 2 saturated heterocycles. The molecule has 4 nitrogen and oxygen atoms in total. The lowest BCUT2D eigenvalue weighted by Crippen LogP contribution is -2.47. The molecular formula is C29H41N3O. The van der Waals surface area contributed by atoms with Crippen molar-refractivity contribution in [3.8, 4) is 0 Å². The lowest BCUT2D eigenvalue weighted by Gasteiger charge is -2.35. The van der Waals surface area contributed by atoms with E-state index < -0.39 is 0 Å². The molecule has 5 rings (SSSR count). The first-order valence-corrected chi connectivity index (χ1v) is 13.4. The first-order chi connectivity index (χ1) is 16.2. The van der Waals surface area contributed by atoms with E-state index in [0.29, 0.717) is 30.7 Å². The second-order valence-electron chi connectivity index (χ2n) is 10.6. The Morgan fingerprint density at radius 3 is 2.48 bits per heavy atom. The number of aryl methyl sites for hydroxylation is 1. The highest BCUT2D eigenvalue weighted by Crippen LogP contribution is 2.48. The number of likely N-dealkylation sites (tertiary alicyclic amines) is 1. The van der Waals surface area contributed by atoms with E-state index in [4.69, 9.17) is 0 Å². The Morgan fingerprint density at radius 1 is 0.970 bits per heavy atom. The van der Waals surface area contributed by atoms with E-state index in [-0.39, 0.29) is 0 Å². The van der Waals surface area contributed by atoms with Crippen molar-refractivity contribution in [3.05, 3.63) is 59.3 Å². The molecule has 4 heteroatoms. The number of hydrogen-bond donors (Lipinski definition) is 0. The van der Waals surface area contributed by atoms with Gasteiger partial charge in [0.2, 0.25) is 0 Å². The summed E-state index contributed by atoms with van der Waals surface area (Å²) in [7, 11) is 0. The van der Waals surface area contributed by atoms with Crippen LogP contribution in [0.5, 0.6) is 0 Å². The number of carbonyl (C=O) groups excluding carboxylic acids is 1. The van der Waals surface area contributed by atoms with Crippen molar-refractivity contribution in [2.45, 2.75) is 64.5 Å². The fraction of sp³-hybridized carbons (Fsp3) is 0.621. The minimum atomic E-state index is 0.418. The average Bonchev–Trinajstić information content (AvgIpc) is 3.18. The summed E-state index contributed by atoms with van der Waals surface area (Å²) in [5.74, 6) is 1.94. The van der Waals surface area contributed by atoms with E-state index in [1.165, 1.54) is 48.9 Å². The fourth-order valence-corrected chi connectivity index (χ4v) is 6.64. The fourth-order valence-electron chi connectivity index (χ4n) is 6.64. The maximum atomic E-state index is 12.9. The molecule has 3 fully saturated rings. The van der Waals surface area contributed by atoms with Crippen molar-refractivity contribution in [2.24, 2.45) is 11.8 Å². The third kappa shape index (κ3) is 5.27. The van der Waals surface area contributed by atoms with Crippen LogP contribution < -0.4 is 0 Å². The summed E-state index contributed by atoms with van der Waals surface area (Å²) >= 11 is 0. The minimum absolute atomic E-state index is 0.418. The van der Waals surface area contributed by atoms with Gasteiger partial charge < -0.3 is 4.90 Å². The molecule has 0 aromatic heterocycles. The van der Waals surface area contributed by atoms with Crippen LogP contribution in [0.1, 0.15) is 56.6 Å². The third-order valence-electron chi connectivity index (χ3n) is 8.54. The van der Waals surface area contributed by atoms with E-state index in [1.807, 2.05) is 0 Å². The zero-order valence-corrected chi connectivity index (χ0v) is 20.4. The van der Waals surface area contributed by atoms with E-state index >= 15 is 0 Å². The minimum Gasteiger partial charge on any atom is -0.371 e. The molecule has 2 aliphatic carbocycles. The molecule has 1 unspecified atom stereocenters. The maximum absolute atomic E-state index is 12.9. The largest absolute Gasteiger partial charge is 0.371 e. The summed E-state index contributed by atoms with van der Waals surface area (Å²) in [6.45, 7) is 8.89. The highest BCUT2D eigenvalue weighted by atomic mass is 16.1. The van der Waals surface area contributed by atoms with Gasteiger partial charge in [-0.15, -0.1) is 0 Å². The van der Waals surface area contributed by atoms with Gasteiger partial charge in [-0.25, -0.2) is 0 Å². The molecule has 0 amide bonds. The Bertz CT molecular complexity index is 865. The zero-order chi connectivity index (χ0) is 22.6. The normalized spacial score (nSPS) is 27.8. The second-order valence-corrected chi connectivity index (χ2v) is 10.6. The number of piperazine rings is 1. The molecule has 0 spiro atoms. The Labute approximate surface area is 200 Å². The van der Waals surface area contributed by atoms with Crippen LogP contribution >= 0.6 is 0 Å². The molecule has 4 aliphatic rings. The summed E-state index contributed by atoms with van der Waals surface area (Å²) in [5.41, 5.74) is 4.33. The summed E-state index contributed by atoms with van der Waals surface area (Å²) < 4.78 is 0. The van der Waals surface area contributed by atoms with Crippen LogP contribution in [0.3, 0.4) is 0 Å². The second kappa shape index (κ2) is 10.6. The summed E-state index contributed by atoms with van der Waals surface area (Å²) in [5, 5.41) is 0. The third-order valence-corrected chi connectivity index (χ3v) is 8.54. The number of nitrogens with zero attached hydrogens (tertiary/aromatic N) is 3. The summed E-state index contributed by atoms with van der Waals surface area (Å²) in [6, 6.07) is 9.72. The zero-order valence-electron chi connectivity index (χ0n) is 20.4. The Hall–Kier alpha value is -1.91. The van der Waals surface area contributed by atoms with Gasteiger partial charge in [0.1, 0.15) is 5.78 Å². The number of benzene rings is 1. The molecule has 3 atom stereocenters. The highest BCUT2D eigenvalue weighted by molar-refractivity contribution is 5.80. The summed E-state index contributed by atoms with van der Waals surface area (Å²) in [4.78, 5) is 20.4. The maximum Gasteiger partial charge on any atom is 0.148 e. The SMILES string of the molecule is CCc1ccc(CN2CCN(CC(=O)CCN3C4=CC=CC[C@H]4[C@H]4CCCCC43)CC2)cc1. The van der Waals surface area contributed by atoms with Crippen molar-refractivity contribution >= 4 is 5.78 Å². The smallest absolute Gasteiger partial charge is 0.148 e. The number of ketones is 1. The van der Waals surface area contributed by atoms with Crippen molar-refractivity contribution < 1.29 is 4.79 Å². The number of fused-ring (bicyclic) bond motifs is 3. The molecule has 33 heavy (non-hydrogen) atoms. The lowest BCUT2D eigenvalue weighted by molar-refractivity contribution is -0.121. The quantitative estimate of drug-likeness (QED) is 0.579. The van der Waals surface area contributed by atoms with E-state index in [9.17, 15) is 4.79 Å². The topological polar surface area (TPSA) is 26.8 Å². The van der Waals surface area contributed by atoms with Crippen molar-refractivity contribution in [3.63, 3.8) is 0 Å². The van der Waals surface area contributed by atoms with E-state index in [0.717, 1.165) is 51.6 Å². The number of rotatable bonds is 8. The van der Waals surface area contributed by atoms with Crippen molar-refractivity contribution in [1.29, 1.82) is 0 Å². The first-order valence-electron chi connectivity index (χ1n) is 13.4. The highest BCUT2D eigenvalue weighted by Gasteiger charge is 2.45. The van der Waals surface area contributed by atoms with Crippen LogP contribution in [0.2, 0.25) is 0 Å². The molecule has 178 valence electrons. The van der Waals surface area contributed by atoms with Gasteiger partial charge in [-0.1, -0.05) is 56.2 Å². The van der Waals surface area contributed by atoms with Gasteiger partial charge >= 0.3 is 0 Å². The van der Waals surface area contributed by atoms with Crippen LogP contribution in [0.25, 0.3) is 0 Å². The van der Waals surface area contributed by atoms with Gasteiger partial charge in [0.25, 0.3) is 0 Å². The standard InChI is InChI=1S/C29H41N3O/c1-2-23-11-13-24(14-12-23)21-30-17-19-31(20-18-30)22-25(33)15-16-32-28-9-5-3-7-26(28)27-8-4-6-10-29(27)32/h3,5,9,11-14,26-27,29H,2,4,6-8,10,15-22H2,1H3/t26-,27+,29?/m0/s1. The van der Waals surface area contributed by atoms with Crippen LogP contribution in [0.15, 0.2) is 48.2 Å². The number of Topliss-reactive ketones (excluding diaryl/α,β-unsaturated/α-hetero) is 1. The van der Waals surface area contributed by atoms with Gasteiger partial charge in [-0.05, 0) is 48.8 Å². The van der Waals surface area contributed by atoms with Crippen LogP contribution in [-0.2, 0) is 17.8 Å². The molecule has 1 aromatic carbocycles. The van der Waals surface area contributed by atoms with Crippen molar-refractivity contribution in [1.82, 2.24) is 14.7 Å². The Kier molecular flexibility index (Phi) is 7.32. The predicted octanol–water partition coefficient (Wildman–Crippen LogP) is 4.66. The lowest BCUT2D eigenvalue weighted by atomic mass is 9.77. The van der Waals surface area contributed by atoms with Crippen LogP contribution in [0.4, 0.5) is 0 Å². The number of hydrogen-bond acceptors (Lipinski definition) is 4. The van der Waals surface area contributed by atoms with E-state index in [1.54, 1.807) is 0 Å². The van der Waals surface area contributed by atoms with Crippen LogP contribution in [-0.4, -0.2) is 65.8 Å². The molecule has 2 aliphatic heterocycles.